The first kappa shape index (κ1) is 34.7. The van der Waals surface area contributed by atoms with Crippen LogP contribution in [0.2, 0.25) is 0 Å². The van der Waals surface area contributed by atoms with Gasteiger partial charge in [-0.3, -0.25) is 0 Å². The fourth-order valence-corrected chi connectivity index (χ4v) is 3.94. The Balaban J connectivity index is 2.13. The van der Waals surface area contributed by atoms with Gasteiger partial charge in [0.05, 0.1) is 18.8 Å². The first-order valence-corrected chi connectivity index (χ1v) is 14.4. The SMILES string of the molecule is C=C(C)C(=O)OCCCCC/C(=C\c1oc(=O)c(-c2ccc(OC(=O)C(=C)C)cc2)cc1C)CCCCOC(=O)C(=C)C. The summed E-state index contributed by atoms with van der Waals surface area (Å²) in [6, 6.07) is 8.41. The fraction of sp³-hybridized carbons (Fsp3) is 0.371. The van der Waals surface area contributed by atoms with Gasteiger partial charge in [0, 0.05) is 16.7 Å². The molecule has 0 N–H and O–H groups in total. The predicted molar refractivity (Wildman–Crippen MR) is 167 cm³/mol. The van der Waals surface area contributed by atoms with Gasteiger partial charge in [-0.1, -0.05) is 37.4 Å². The average molecular weight is 591 g/mol. The number of carbonyl (C=O) groups is 3. The highest BCUT2D eigenvalue weighted by molar-refractivity contribution is 5.89. The molecular weight excluding hydrogens is 548 g/mol. The molecule has 0 saturated carbocycles. The molecule has 8 heteroatoms. The Bertz CT molecular complexity index is 1420. The van der Waals surface area contributed by atoms with E-state index >= 15 is 0 Å². The summed E-state index contributed by atoms with van der Waals surface area (Å²) in [4.78, 5) is 47.9. The summed E-state index contributed by atoms with van der Waals surface area (Å²) in [7, 11) is 0. The summed E-state index contributed by atoms with van der Waals surface area (Å²) < 4.78 is 21.3. The van der Waals surface area contributed by atoms with Crippen LogP contribution in [0.4, 0.5) is 0 Å². The Hall–Kier alpha value is -4.46. The number of benzene rings is 1. The molecule has 0 unspecified atom stereocenters. The molecule has 0 saturated heterocycles. The molecule has 0 radical (unpaired) electrons. The van der Waals surface area contributed by atoms with Crippen molar-refractivity contribution in [1.82, 2.24) is 0 Å². The van der Waals surface area contributed by atoms with Gasteiger partial charge in [0.1, 0.15) is 11.5 Å². The van der Waals surface area contributed by atoms with Crippen LogP contribution in [0.5, 0.6) is 5.75 Å². The largest absolute Gasteiger partial charge is 0.462 e. The molecule has 0 aliphatic carbocycles. The Morgan fingerprint density at radius 1 is 0.767 bits per heavy atom. The Morgan fingerprint density at radius 3 is 1.81 bits per heavy atom. The van der Waals surface area contributed by atoms with Crippen molar-refractivity contribution in [2.45, 2.75) is 72.6 Å². The van der Waals surface area contributed by atoms with Crippen molar-refractivity contribution in [2.75, 3.05) is 13.2 Å². The molecular formula is C35H42O8. The number of hydrogen-bond acceptors (Lipinski definition) is 8. The number of aryl methyl sites for hydroxylation is 1. The summed E-state index contributed by atoms with van der Waals surface area (Å²) in [5.41, 5.74) is 3.50. The van der Waals surface area contributed by atoms with E-state index in [2.05, 4.69) is 19.7 Å². The number of ether oxygens (including phenoxy) is 3. The molecule has 2 aromatic rings. The van der Waals surface area contributed by atoms with E-state index in [0.29, 0.717) is 59.0 Å². The zero-order valence-corrected chi connectivity index (χ0v) is 25.7. The number of unbranched alkanes of at least 4 members (excludes halogenated alkanes) is 3. The van der Waals surface area contributed by atoms with Crippen LogP contribution in [-0.2, 0) is 23.9 Å². The molecule has 0 amide bonds. The number of carbonyl (C=O) groups excluding carboxylic acids is 3. The zero-order valence-electron chi connectivity index (χ0n) is 25.7. The Labute approximate surface area is 253 Å². The van der Waals surface area contributed by atoms with Crippen molar-refractivity contribution >= 4 is 24.0 Å². The second kappa shape index (κ2) is 17.5. The molecule has 1 aromatic carbocycles. The first-order chi connectivity index (χ1) is 20.4. The average Bonchev–Trinajstić information content (AvgIpc) is 2.96. The minimum absolute atomic E-state index is 0.290. The molecule has 0 bridgehead atoms. The van der Waals surface area contributed by atoms with E-state index in [1.165, 1.54) is 0 Å². The Kier molecular flexibility index (Phi) is 14.1. The van der Waals surface area contributed by atoms with Crippen LogP contribution in [0.1, 0.15) is 77.0 Å². The van der Waals surface area contributed by atoms with Crippen molar-refractivity contribution in [3.63, 3.8) is 0 Å². The van der Waals surface area contributed by atoms with Gasteiger partial charge < -0.3 is 18.6 Å². The monoisotopic (exact) mass is 590 g/mol. The van der Waals surface area contributed by atoms with Crippen LogP contribution < -0.4 is 10.4 Å². The minimum atomic E-state index is -0.519. The third-order valence-corrected chi connectivity index (χ3v) is 6.43. The summed E-state index contributed by atoms with van der Waals surface area (Å²) in [5, 5.41) is 0. The van der Waals surface area contributed by atoms with Crippen LogP contribution in [-0.4, -0.2) is 31.1 Å². The Morgan fingerprint density at radius 2 is 1.28 bits per heavy atom. The molecule has 2 rings (SSSR count). The van der Waals surface area contributed by atoms with Gasteiger partial charge >= 0.3 is 23.5 Å². The number of rotatable bonds is 17. The maximum Gasteiger partial charge on any atom is 0.344 e. The molecule has 0 fully saturated rings. The maximum atomic E-state index is 13.0. The lowest BCUT2D eigenvalue weighted by atomic mass is 9.99. The smallest absolute Gasteiger partial charge is 0.344 e. The normalized spacial score (nSPS) is 11.0. The van der Waals surface area contributed by atoms with Crippen LogP contribution in [0, 0.1) is 6.92 Å². The highest BCUT2D eigenvalue weighted by Gasteiger charge is 2.12. The molecule has 8 nitrogen and oxygen atoms in total. The number of hydrogen-bond donors (Lipinski definition) is 0. The van der Waals surface area contributed by atoms with E-state index < -0.39 is 17.6 Å². The van der Waals surface area contributed by atoms with Gasteiger partial charge in [0.25, 0.3) is 0 Å². The minimum Gasteiger partial charge on any atom is -0.462 e. The van der Waals surface area contributed by atoms with Crippen molar-refractivity contribution in [3.05, 3.63) is 94.1 Å². The lowest BCUT2D eigenvalue weighted by Crippen LogP contribution is -2.08. The molecule has 1 heterocycles. The summed E-state index contributed by atoms with van der Waals surface area (Å²) in [6.45, 7) is 18.1. The molecule has 0 aliphatic heterocycles. The quantitative estimate of drug-likeness (QED) is 0.0809. The van der Waals surface area contributed by atoms with E-state index in [1.54, 1.807) is 51.1 Å². The van der Waals surface area contributed by atoms with Gasteiger partial charge in [-0.15, -0.1) is 0 Å². The van der Waals surface area contributed by atoms with E-state index in [1.807, 2.05) is 13.0 Å². The molecule has 0 spiro atoms. The van der Waals surface area contributed by atoms with Gasteiger partial charge in [0.2, 0.25) is 0 Å². The molecule has 230 valence electrons. The fourth-order valence-electron chi connectivity index (χ4n) is 3.94. The van der Waals surface area contributed by atoms with Crippen molar-refractivity contribution in [1.29, 1.82) is 0 Å². The van der Waals surface area contributed by atoms with Crippen molar-refractivity contribution in [3.8, 4) is 16.9 Å². The van der Waals surface area contributed by atoms with Gasteiger partial charge in [-0.25, -0.2) is 19.2 Å². The van der Waals surface area contributed by atoms with E-state index in [-0.39, 0.29) is 5.97 Å². The first-order valence-electron chi connectivity index (χ1n) is 14.4. The van der Waals surface area contributed by atoms with Crippen molar-refractivity contribution in [2.24, 2.45) is 0 Å². The van der Waals surface area contributed by atoms with Crippen LogP contribution in [0.3, 0.4) is 0 Å². The van der Waals surface area contributed by atoms with Crippen LogP contribution >= 0.6 is 0 Å². The summed E-state index contributed by atoms with van der Waals surface area (Å²) >= 11 is 0. The van der Waals surface area contributed by atoms with E-state index in [0.717, 1.165) is 49.7 Å². The lowest BCUT2D eigenvalue weighted by molar-refractivity contribution is -0.139. The number of esters is 3. The second-order valence-corrected chi connectivity index (χ2v) is 10.6. The van der Waals surface area contributed by atoms with Gasteiger partial charge in [-0.2, -0.15) is 0 Å². The third-order valence-electron chi connectivity index (χ3n) is 6.43. The summed E-state index contributed by atoms with van der Waals surface area (Å²) in [6.07, 6.45) is 7.36. The number of allylic oxidation sites excluding steroid dienone is 1. The lowest BCUT2D eigenvalue weighted by Gasteiger charge is -2.11. The zero-order chi connectivity index (χ0) is 31.9. The van der Waals surface area contributed by atoms with Crippen LogP contribution in [0.25, 0.3) is 17.2 Å². The highest BCUT2D eigenvalue weighted by atomic mass is 16.5. The summed E-state index contributed by atoms with van der Waals surface area (Å²) in [5.74, 6) is -0.466. The standard InChI is InChI=1S/C35H42O8/c1-23(2)32(36)40-19-11-8-9-13-27(14-10-12-20-41-33(37)24(3)4)22-31-26(7)21-30(35(39)43-31)28-15-17-29(18-16-28)42-34(38)25(5)6/h15-18,21-22H,1,3,5,8-14,19-20H2,2,4,6-7H3/b27-22+. The van der Waals surface area contributed by atoms with Crippen LogP contribution in [0.15, 0.2) is 81.6 Å². The van der Waals surface area contributed by atoms with Gasteiger partial charge in [-0.05, 0) is 108 Å². The molecule has 0 aliphatic rings. The van der Waals surface area contributed by atoms with E-state index in [9.17, 15) is 19.2 Å². The molecule has 1 aromatic heterocycles. The highest BCUT2D eigenvalue weighted by Crippen LogP contribution is 2.25. The predicted octanol–water partition coefficient (Wildman–Crippen LogP) is 7.45. The third kappa shape index (κ3) is 12.1. The van der Waals surface area contributed by atoms with Crippen molar-refractivity contribution < 1.29 is 33.0 Å². The molecule has 43 heavy (non-hydrogen) atoms. The second-order valence-electron chi connectivity index (χ2n) is 10.6. The van der Waals surface area contributed by atoms with E-state index in [4.69, 9.17) is 18.6 Å². The molecule has 0 atom stereocenters. The topological polar surface area (TPSA) is 109 Å². The van der Waals surface area contributed by atoms with Gasteiger partial charge in [0.15, 0.2) is 0 Å². The maximum absolute atomic E-state index is 13.0.